The van der Waals surface area contributed by atoms with Gasteiger partial charge in [-0.05, 0) is 23.0 Å². The van der Waals surface area contributed by atoms with E-state index in [1.54, 1.807) is 12.3 Å². The summed E-state index contributed by atoms with van der Waals surface area (Å²) in [5.74, 6) is 0.713. The van der Waals surface area contributed by atoms with E-state index in [1.807, 2.05) is 77.9 Å². The van der Waals surface area contributed by atoms with Crippen molar-refractivity contribution in [3.63, 3.8) is 0 Å². The van der Waals surface area contributed by atoms with Crippen LogP contribution in [0.1, 0.15) is 126 Å². The van der Waals surface area contributed by atoms with Crippen LogP contribution in [0.25, 0.3) is 27.3 Å². The van der Waals surface area contributed by atoms with Crippen LogP contribution in [-0.2, 0) is 49.0 Å². The minimum Gasteiger partial charge on any atom is -0.531 e. The number of pyridine rings is 1. The molecule has 9 nitrogen and oxygen atoms in total. The molecule has 0 bridgehead atoms. The molecule has 3 aromatic heterocycles. The molecule has 2 aromatic carbocycles. The first-order valence-electron chi connectivity index (χ1n) is 16.4. The van der Waals surface area contributed by atoms with Crippen LogP contribution in [0.4, 0.5) is 11.6 Å². The van der Waals surface area contributed by atoms with Crippen molar-refractivity contribution in [1.29, 1.82) is 0 Å². The number of nitrogen functional groups attached to an aromatic ring is 2. The number of benzene rings is 2. The minimum atomic E-state index is -0.175. The van der Waals surface area contributed by atoms with Crippen molar-refractivity contribution >= 4 is 39.4 Å². The molecule has 6 N–H and O–H groups in total. The zero-order valence-corrected chi connectivity index (χ0v) is 34.9. The van der Waals surface area contributed by atoms with Crippen molar-refractivity contribution in [1.82, 2.24) is 15.3 Å². The zero-order chi connectivity index (χ0) is 36.8. The first-order chi connectivity index (χ1) is 21.9. The van der Waals surface area contributed by atoms with Gasteiger partial charge in [0.05, 0.1) is 16.5 Å². The molecule has 5 aromatic rings. The van der Waals surface area contributed by atoms with E-state index in [0.29, 0.717) is 22.8 Å². The maximum atomic E-state index is 9.08. The van der Waals surface area contributed by atoms with Crippen LogP contribution in [0.2, 0.25) is 0 Å². The maximum Gasteiger partial charge on any atom is 0.191 e. The Hall–Kier alpha value is -3.30. The molecule has 0 saturated carbocycles. The molecule has 0 aliphatic rings. The van der Waals surface area contributed by atoms with Gasteiger partial charge in [-0.3, -0.25) is 4.98 Å². The summed E-state index contributed by atoms with van der Waals surface area (Å²) in [6.45, 7) is 30.9. The SMILES string of the molecule is CC.CC.CC.CC(C)(C)c1[c-]c(C(=[N-])N)ccc1.CC(C)(C)c1cccc2c(N)noc12.CC(C)(C)c1nccc2c(N)noc12.[Y]. The van der Waals surface area contributed by atoms with Crippen molar-refractivity contribution in [3.8, 4) is 0 Å². The summed E-state index contributed by atoms with van der Waals surface area (Å²) in [5.41, 5.74) is 21.8. The smallest absolute Gasteiger partial charge is 0.191 e. The van der Waals surface area contributed by atoms with E-state index in [1.165, 1.54) is 0 Å². The first kappa shape index (κ1) is 46.8. The van der Waals surface area contributed by atoms with Gasteiger partial charge in [-0.25, -0.2) is 0 Å². The average Bonchev–Trinajstić information content (AvgIpc) is 3.61. The van der Waals surface area contributed by atoms with Crippen molar-refractivity contribution < 1.29 is 41.8 Å². The third kappa shape index (κ3) is 13.3. The van der Waals surface area contributed by atoms with Crippen molar-refractivity contribution in [3.05, 3.63) is 82.5 Å². The predicted molar refractivity (Wildman–Crippen MR) is 202 cm³/mol. The van der Waals surface area contributed by atoms with Crippen molar-refractivity contribution in [2.45, 2.75) is 120 Å². The van der Waals surface area contributed by atoms with Gasteiger partial charge in [-0.15, -0.1) is 29.8 Å². The summed E-state index contributed by atoms with van der Waals surface area (Å²) in [6.07, 6.45) is 1.73. The molecule has 0 atom stereocenters. The largest absolute Gasteiger partial charge is 0.531 e. The van der Waals surface area contributed by atoms with Gasteiger partial charge < -0.3 is 31.7 Å². The topological polar surface area (TPSA) is 165 Å². The van der Waals surface area contributed by atoms with E-state index < -0.39 is 0 Å². The predicted octanol–water partition coefficient (Wildman–Crippen LogP) is 9.95. The van der Waals surface area contributed by atoms with Gasteiger partial charge in [-0.1, -0.05) is 126 Å². The van der Waals surface area contributed by atoms with Crippen LogP contribution in [0.15, 0.2) is 57.7 Å². The molecule has 0 saturated heterocycles. The number of nitrogens with zero attached hydrogens (tertiary/aromatic N) is 4. The normalized spacial score (nSPS) is 10.6. The number of rotatable bonds is 1. The average molecular weight is 735 g/mol. The van der Waals surface area contributed by atoms with Crippen LogP contribution >= 0.6 is 0 Å². The van der Waals surface area contributed by atoms with E-state index >= 15 is 0 Å². The second-order valence-electron chi connectivity index (χ2n) is 13.0. The van der Waals surface area contributed by atoms with E-state index in [4.69, 9.17) is 31.7 Å². The Balaban J connectivity index is 0. The van der Waals surface area contributed by atoms with E-state index in [9.17, 15) is 0 Å². The Morgan fingerprint density at radius 1 is 0.667 bits per heavy atom. The summed E-state index contributed by atoms with van der Waals surface area (Å²) in [5, 5.41) is 18.3. The van der Waals surface area contributed by atoms with Crippen molar-refractivity contribution in [2.24, 2.45) is 5.73 Å². The molecule has 3 heterocycles. The Morgan fingerprint density at radius 3 is 1.60 bits per heavy atom. The third-order valence-electron chi connectivity index (χ3n) is 6.34. The van der Waals surface area contributed by atoms with Crippen LogP contribution in [-0.4, -0.2) is 21.1 Å². The number of amidine groups is 1. The van der Waals surface area contributed by atoms with Gasteiger partial charge in [0.25, 0.3) is 0 Å². The number of anilines is 2. The molecule has 0 aliphatic heterocycles. The van der Waals surface area contributed by atoms with E-state index in [-0.39, 0.29) is 54.8 Å². The van der Waals surface area contributed by atoms with Gasteiger partial charge in [0.1, 0.15) is 0 Å². The van der Waals surface area contributed by atoms with Gasteiger partial charge in [-0.2, -0.15) is 11.4 Å². The molecule has 0 amide bonds. The molecular weight excluding hydrogens is 675 g/mol. The Kier molecular flexibility index (Phi) is 20.4. The number of hydrogen-bond donors (Lipinski definition) is 3. The molecule has 10 heteroatoms. The number of aromatic nitrogens is 3. The molecule has 0 aliphatic carbocycles. The molecular formula is C38H59N7O2Y-2. The molecule has 263 valence electrons. The fourth-order valence-electron chi connectivity index (χ4n) is 4.05. The Labute approximate surface area is 314 Å². The summed E-state index contributed by atoms with van der Waals surface area (Å²) in [7, 11) is 0. The standard InChI is InChI=1S/C11H14N2O.C11H14N2.C10H13N3O.3C2H6.Y/c1-11(2,3)8-6-4-5-7-9(8)14-13-10(7)12;1-11(2,3)9-6-4-5-8(7-9)10(12)13;1-10(2,3)8-7-6(4-5-12-8)9(11)13-14-7;3*1-2;/h4-6H,1-3H3,(H2,12,13);4-6H,1-3H3,(H2-,12,13);4-5H,1-3H3,(H2,11,13);3*1-2H3;/q;-2;;;;;. The fraction of sp³-hybridized carbons (Fsp3) is 0.474. The Morgan fingerprint density at radius 2 is 1.15 bits per heavy atom. The second kappa shape index (κ2) is 20.9. The van der Waals surface area contributed by atoms with Crippen LogP contribution in [0, 0.1) is 6.07 Å². The quantitative estimate of drug-likeness (QED) is 0.0870. The summed E-state index contributed by atoms with van der Waals surface area (Å²) in [4.78, 5) is 4.30. The molecule has 0 unspecified atom stereocenters. The first-order valence-corrected chi connectivity index (χ1v) is 16.4. The molecule has 0 fully saturated rings. The summed E-state index contributed by atoms with van der Waals surface area (Å²) >= 11 is 0. The minimum absolute atomic E-state index is 0. The number of fused-ring (bicyclic) bond motifs is 2. The van der Waals surface area contributed by atoms with E-state index in [0.717, 1.165) is 33.2 Å². The second-order valence-corrected chi connectivity index (χ2v) is 13.0. The van der Waals surface area contributed by atoms with Gasteiger partial charge in [0.2, 0.25) is 0 Å². The van der Waals surface area contributed by atoms with Crippen LogP contribution in [0.3, 0.4) is 0 Å². The molecule has 48 heavy (non-hydrogen) atoms. The van der Waals surface area contributed by atoms with Gasteiger partial charge in [0.15, 0.2) is 22.8 Å². The number of hydrogen-bond acceptors (Lipinski definition) is 7. The van der Waals surface area contributed by atoms with E-state index in [2.05, 4.69) is 83.7 Å². The zero-order valence-electron chi connectivity index (χ0n) is 32.0. The van der Waals surface area contributed by atoms with Crippen LogP contribution in [0.5, 0.6) is 0 Å². The number of nitrogens with two attached hydrogens (primary N) is 3. The molecule has 1 radical (unpaired) electrons. The monoisotopic (exact) mass is 734 g/mol. The van der Waals surface area contributed by atoms with Crippen molar-refractivity contribution in [2.75, 3.05) is 11.5 Å². The summed E-state index contributed by atoms with van der Waals surface area (Å²) < 4.78 is 10.4. The maximum absolute atomic E-state index is 9.08. The van der Waals surface area contributed by atoms with Gasteiger partial charge in [0, 0.05) is 49.9 Å². The van der Waals surface area contributed by atoms with Gasteiger partial charge >= 0.3 is 0 Å². The molecule has 0 spiro atoms. The third-order valence-corrected chi connectivity index (χ3v) is 6.34. The van der Waals surface area contributed by atoms with Crippen LogP contribution < -0.4 is 17.2 Å². The Bertz CT molecular complexity index is 1560. The summed E-state index contributed by atoms with van der Waals surface area (Å²) in [6, 6.07) is 16.4. The fourth-order valence-corrected chi connectivity index (χ4v) is 4.05. The molecule has 5 rings (SSSR count). The number of para-hydroxylation sites is 1.